The quantitative estimate of drug-likeness (QED) is 0.190. The zero-order chi connectivity index (χ0) is 14.5. The van der Waals surface area contributed by atoms with Gasteiger partial charge in [0.15, 0.2) is 0 Å². The predicted molar refractivity (Wildman–Crippen MR) is 75.7 cm³/mol. The first-order chi connectivity index (χ1) is 9.13. The Balaban J connectivity index is 4.08. The highest BCUT2D eigenvalue weighted by Gasteiger charge is 2.11. The highest BCUT2D eigenvalue weighted by atomic mass is 16.7. The first-order valence-electron chi connectivity index (χ1n) is 6.45. The Kier molecular flexibility index (Phi) is 10.8. The van der Waals surface area contributed by atoms with Gasteiger partial charge in [-0.2, -0.15) is 0 Å². The number of carbonyl (C=O) groups is 1. The smallest absolute Gasteiger partial charge is 0.330 e. The third kappa shape index (κ3) is 10.2. The van der Waals surface area contributed by atoms with Crippen LogP contribution in [0.25, 0.3) is 0 Å². The van der Waals surface area contributed by atoms with Gasteiger partial charge in [0, 0.05) is 12.7 Å². The van der Waals surface area contributed by atoms with Crippen molar-refractivity contribution in [3.63, 3.8) is 0 Å². The lowest BCUT2D eigenvalue weighted by molar-refractivity contribution is -0.143. The van der Waals surface area contributed by atoms with Gasteiger partial charge < -0.3 is 14.2 Å². The summed E-state index contributed by atoms with van der Waals surface area (Å²) in [6.45, 7) is 11.6. The Labute approximate surface area is 115 Å². The number of allylic oxidation sites excluding steroid dienone is 2. The topological polar surface area (TPSA) is 44.8 Å². The molecule has 0 saturated carbocycles. The summed E-state index contributed by atoms with van der Waals surface area (Å²) in [6, 6.07) is 0. The molecule has 2 atom stereocenters. The third-order valence-electron chi connectivity index (χ3n) is 2.37. The zero-order valence-corrected chi connectivity index (χ0v) is 11.8. The summed E-state index contributed by atoms with van der Waals surface area (Å²) in [5, 5.41) is 0. The fraction of sp³-hybridized carbons (Fsp3) is 0.533. The van der Waals surface area contributed by atoms with Gasteiger partial charge in [-0.05, 0) is 26.7 Å². The maximum atomic E-state index is 11.0. The number of esters is 1. The average molecular weight is 268 g/mol. The van der Waals surface area contributed by atoms with E-state index in [4.69, 9.17) is 14.2 Å². The van der Waals surface area contributed by atoms with E-state index in [-0.39, 0.29) is 19.0 Å². The molecule has 0 aromatic heterocycles. The highest BCUT2D eigenvalue weighted by Crippen LogP contribution is 2.10. The van der Waals surface area contributed by atoms with Crippen molar-refractivity contribution in [2.45, 2.75) is 38.9 Å². The number of carbonyl (C=O) groups excluding carboxylic acids is 1. The van der Waals surface area contributed by atoms with Crippen LogP contribution >= 0.6 is 0 Å². The summed E-state index contributed by atoms with van der Waals surface area (Å²) in [6.07, 6.45) is 7.80. The molecule has 0 aliphatic rings. The summed E-state index contributed by atoms with van der Waals surface area (Å²) < 4.78 is 15.8. The van der Waals surface area contributed by atoms with Crippen molar-refractivity contribution < 1.29 is 19.0 Å². The minimum absolute atomic E-state index is 0.0746. The van der Waals surface area contributed by atoms with Crippen LogP contribution in [0.1, 0.15) is 26.7 Å². The van der Waals surface area contributed by atoms with Gasteiger partial charge in [0.2, 0.25) is 0 Å². The second-order valence-corrected chi connectivity index (χ2v) is 3.97. The fourth-order valence-corrected chi connectivity index (χ4v) is 1.36. The average Bonchev–Trinajstić information content (AvgIpc) is 2.41. The van der Waals surface area contributed by atoms with Gasteiger partial charge in [0.25, 0.3) is 0 Å². The SMILES string of the molecule is C=C/C=C/[C@@H](CC[C@@H](C)OC(=O)C=C)OCOCC. The largest absolute Gasteiger partial charge is 0.460 e. The van der Waals surface area contributed by atoms with E-state index >= 15 is 0 Å². The van der Waals surface area contributed by atoms with Gasteiger partial charge in [0.1, 0.15) is 6.79 Å². The van der Waals surface area contributed by atoms with E-state index in [0.717, 1.165) is 12.5 Å². The van der Waals surface area contributed by atoms with Crippen LogP contribution in [-0.2, 0) is 19.0 Å². The molecule has 0 fully saturated rings. The van der Waals surface area contributed by atoms with Crippen molar-refractivity contribution in [1.82, 2.24) is 0 Å². The van der Waals surface area contributed by atoms with Crippen molar-refractivity contribution >= 4 is 5.97 Å². The molecular formula is C15H24O4. The van der Waals surface area contributed by atoms with Crippen LogP contribution in [0, 0.1) is 0 Å². The molecule has 0 rings (SSSR count). The minimum Gasteiger partial charge on any atom is -0.460 e. The number of rotatable bonds is 11. The van der Waals surface area contributed by atoms with Gasteiger partial charge >= 0.3 is 5.97 Å². The van der Waals surface area contributed by atoms with Gasteiger partial charge in [-0.15, -0.1) is 0 Å². The van der Waals surface area contributed by atoms with Crippen LogP contribution in [0.5, 0.6) is 0 Å². The van der Waals surface area contributed by atoms with E-state index in [2.05, 4.69) is 13.2 Å². The molecule has 0 aliphatic heterocycles. The van der Waals surface area contributed by atoms with Gasteiger partial charge in [-0.25, -0.2) is 4.79 Å². The van der Waals surface area contributed by atoms with Crippen molar-refractivity contribution in [3.05, 3.63) is 37.5 Å². The Morgan fingerprint density at radius 1 is 1.32 bits per heavy atom. The zero-order valence-electron chi connectivity index (χ0n) is 11.8. The Hall–Kier alpha value is -1.39. The molecule has 108 valence electrons. The molecule has 0 unspecified atom stereocenters. The first-order valence-corrected chi connectivity index (χ1v) is 6.45. The second-order valence-electron chi connectivity index (χ2n) is 3.97. The van der Waals surface area contributed by atoms with E-state index in [0.29, 0.717) is 13.0 Å². The van der Waals surface area contributed by atoms with Crippen molar-refractivity contribution in [2.24, 2.45) is 0 Å². The fourth-order valence-electron chi connectivity index (χ4n) is 1.36. The summed E-state index contributed by atoms with van der Waals surface area (Å²) in [4.78, 5) is 11.0. The molecule has 0 aromatic rings. The molecule has 0 aromatic carbocycles. The van der Waals surface area contributed by atoms with Crippen molar-refractivity contribution in [2.75, 3.05) is 13.4 Å². The normalized spacial score (nSPS) is 14.0. The molecule has 0 aliphatic carbocycles. The molecule has 4 nitrogen and oxygen atoms in total. The molecule has 0 N–H and O–H groups in total. The summed E-state index contributed by atoms with van der Waals surface area (Å²) in [7, 11) is 0. The first kappa shape index (κ1) is 17.6. The minimum atomic E-state index is -0.402. The Morgan fingerprint density at radius 3 is 2.63 bits per heavy atom. The molecule has 0 spiro atoms. The maximum Gasteiger partial charge on any atom is 0.330 e. The van der Waals surface area contributed by atoms with Crippen LogP contribution in [-0.4, -0.2) is 31.6 Å². The van der Waals surface area contributed by atoms with Crippen LogP contribution in [0.4, 0.5) is 0 Å². The van der Waals surface area contributed by atoms with Crippen molar-refractivity contribution in [3.8, 4) is 0 Å². The monoisotopic (exact) mass is 268 g/mol. The summed E-state index contributed by atoms with van der Waals surface area (Å²) >= 11 is 0. The van der Waals surface area contributed by atoms with E-state index in [9.17, 15) is 4.79 Å². The standard InChI is InChI=1S/C15H24O4/c1-5-8-9-14(18-12-17-7-3)11-10-13(4)19-15(16)6-2/h5-6,8-9,13-14H,1-2,7,10-12H2,3-4H3/b9-8+/t13-,14+/m1/s1. The van der Waals surface area contributed by atoms with Gasteiger partial charge in [-0.1, -0.05) is 31.4 Å². The maximum absolute atomic E-state index is 11.0. The van der Waals surface area contributed by atoms with E-state index in [1.54, 1.807) is 6.08 Å². The van der Waals surface area contributed by atoms with E-state index in [1.807, 2.05) is 26.0 Å². The molecule has 0 radical (unpaired) electrons. The number of hydrogen-bond acceptors (Lipinski definition) is 4. The van der Waals surface area contributed by atoms with E-state index < -0.39 is 5.97 Å². The lowest BCUT2D eigenvalue weighted by atomic mass is 10.1. The Bertz CT molecular complexity index is 297. The summed E-state index contributed by atoms with van der Waals surface area (Å²) in [5.74, 6) is -0.402. The molecular weight excluding hydrogens is 244 g/mol. The molecule has 0 heterocycles. The predicted octanol–water partition coefficient (Wildman–Crippen LogP) is 3.01. The molecule has 19 heavy (non-hydrogen) atoms. The van der Waals surface area contributed by atoms with Gasteiger partial charge in [0.05, 0.1) is 12.2 Å². The Morgan fingerprint density at radius 2 is 2.05 bits per heavy atom. The number of ether oxygens (including phenoxy) is 3. The van der Waals surface area contributed by atoms with E-state index in [1.165, 1.54) is 0 Å². The van der Waals surface area contributed by atoms with Crippen LogP contribution < -0.4 is 0 Å². The van der Waals surface area contributed by atoms with Crippen LogP contribution in [0.15, 0.2) is 37.5 Å². The second kappa shape index (κ2) is 11.7. The molecule has 4 heteroatoms. The highest BCUT2D eigenvalue weighted by molar-refractivity contribution is 5.81. The van der Waals surface area contributed by atoms with Crippen LogP contribution in [0.3, 0.4) is 0 Å². The summed E-state index contributed by atoms with van der Waals surface area (Å²) in [5.41, 5.74) is 0. The lowest BCUT2D eigenvalue weighted by Gasteiger charge is -2.17. The molecule has 0 bridgehead atoms. The van der Waals surface area contributed by atoms with Gasteiger partial charge in [-0.3, -0.25) is 0 Å². The van der Waals surface area contributed by atoms with Crippen molar-refractivity contribution in [1.29, 1.82) is 0 Å². The third-order valence-corrected chi connectivity index (χ3v) is 2.37. The number of hydrogen-bond donors (Lipinski definition) is 0. The lowest BCUT2D eigenvalue weighted by Crippen LogP contribution is -2.18. The molecule has 0 amide bonds. The van der Waals surface area contributed by atoms with Crippen LogP contribution in [0.2, 0.25) is 0 Å². The molecule has 0 saturated heterocycles.